The molecule has 1 amide bonds. The molecule has 0 aromatic heterocycles. The van der Waals surface area contributed by atoms with Crippen LogP contribution in [0.1, 0.15) is 5.56 Å². The number of rotatable bonds is 2. The Balaban J connectivity index is 2.68. The summed E-state index contributed by atoms with van der Waals surface area (Å²) in [5.74, 6) is -0.362. The lowest BCUT2D eigenvalue weighted by molar-refractivity contribution is 0.194. The first kappa shape index (κ1) is 9.98. The number of carboxylic acid groups (broad SMARTS) is 1. The number of halogens is 2. The van der Waals surface area contributed by atoms with E-state index >= 15 is 0 Å². The van der Waals surface area contributed by atoms with E-state index < -0.39 is 6.09 Å². The Hall–Kier alpha value is -1.10. The zero-order valence-corrected chi connectivity index (χ0v) is 8.14. The Kier molecular flexibility index (Phi) is 3.25. The minimum Gasteiger partial charge on any atom is -0.465 e. The number of hydrogen-bond acceptors (Lipinski definition) is 1. The topological polar surface area (TPSA) is 49.3 Å². The van der Waals surface area contributed by atoms with Crippen LogP contribution in [0, 0.1) is 5.82 Å². The summed E-state index contributed by atoms with van der Waals surface area (Å²) >= 11 is 3.00. The molecule has 1 rings (SSSR count). The quantitative estimate of drug-likeness (QED) is 0.843. The van der Waals surface area contributed by atoms with Crippen LogP contribution in [0.5, 0.6) is 0 Å². The Morgan fingerprint density at radius 2 is 2.31 bits per heavy atom. The van der Waals surface area contributed by atoms with Gasteiger partial charge < -0.3 is 10.4 Å². The predicted molar refractivity (Wildman–Crippen MR) is 49.0 cm³/mol. The van der Waals surface area contributed by atoms with Gasteiger partial charge in [-0.3, -0.25) is 0 Å². The van der Waals surface area contributed by atoms with Crippen LogP contribution in [0.4, 0.5) is 9.18 Å². The van der Waals surface area contributed by atoms with Crippen LogP contribution >= 0.6 is 15.9 Å². The van der Waals surface area contributed by atoms with Crippen molar-refractivity contribution in [2.75, 3.05) is 0 Å². The molecule has 0 unspecified atom stereocenters. The monoisotopic (exact) mass is 247 g/mol. The standard InChI is InChI=1S/C8H7BrFNO2/c9-6-3-5(1-2-7(6)10)4-11-8(12)13/h1-3,11H,4H2,(H,12,13). The van der Waals surface area contributed by atoms with Crippen molar-refractivity contribution in [3.8, 4) is 0 Å². The molecule has 0 atom stereocenters. The molecule has 0 saturated carbocycles. The van der Waals surface area contributed by atoms with Crippen LogP contribution in [-0.2, 0) is 6.54 Å². The third kappa shape index (κ3) is 3.02. The van der Waals surface area contributed by atoms with Crippen molar-refractivity contribution in [3.63, 3.8) is 0 Å². The van der Waals surface area contributed by atoms with Gasteiger partial charge in [0, 0.05) is 6.54 Å². The Morgan fingerprint density at radius 1 is 1.62 bits per heavy atom. The Labute approximate surface area is 82.7 Å². The van der Waals surface area contributed by atoms with Gasteiger partial charge in [-0.25, -0.2) is 9.18 Å². The van der Waals surface area contributed by atoms with Crippen molar-refractivity contribution in [1.29, 1.82) is 0 Å². The maximum absolute atomic E-state index is 12.7. The first-order valence-corrected chi connectivity index (χ1v) is 4.29. The summed E-state index contributed by atoms with van der Waals surface area (Å²) in [5, 5.41) is 10.5. The molecule has 0 spiro atoms. The molecule has 0 saturated heterocycles. The van der Waals surface area contributed by atoms with Crippen molar-refractivity contribution < 1.29 is 14.3 Å². The second-order valence-corrected chi connectivity index (χ2v) is 3.26. The maximum atomic E-state index is 12.7. The van der Waals surface area contributed by atoms with Gasteiger partial charge in [-0.2, -0.15) is 0 Å². The molecule has 70 valence electrons. The van der Waals surface area contributed by atoms with Gasteiger partial charge in [0.25, 0.3) is 0 Å². The van der Waals surface area contributed by atoms with E-state index in [-0.39, 0.29) is 12.4 Å². The molecule has 0 heterocycles. The van der Waals surface area contributed by atoms with Crippen molar-refractivity contribution in [2.24, 2.45) is 0 Å². The summed E-state index contributed by atoms with van der Waals surface area (Å²) in [6.45, 7) is 0.175. The summed E-state index contributed by atoms with van der Waals surface area (Å²) in [6.07, 6.45) is -1.10. The van der Waals surface area contributed by atoms with E-state index in [1.807, 2.05) is 0 Å². The van der Waals surface area contributed by atoms with Gasteiger partial charge in [0.1, 0.15) is 5.82 Å². The van der Waals surface area contributed by atoms with Crippen LogP contribution in [-0.4, -0.2) is 11.2 Å². The van der Waals surface area contributed by atoms with Crippen LogP contribution in [0.25, 0.3) is 0 Å². The second kappa shape index (κ2) is 4.23. The van der Waals surface area contributed by atoms with Crippen LogP contribution in [0.3, 0.4) is 0 Å². The van der Waals surface area contributed by atoms with Gasteiger partial charge >= 0.3 is 6.09 Å². The van der Waals surface area contributed by atoms with Gasteiger partial charge in [0.15, 0.2) is 0 Å². The van der Waals surface area contributed by atoms with Gasteiger partial charge in [-0.15, -0.1) is 0 Å². The molecular formula is C8H7BrFNO2. The fraction of sp³-hybridized carbons (Fsp3) is 0.125. The van der Waals surface area contributed by atoms with Gasteiger partial charge in [-0.1, -0.05) is 6.07 Å². The number of nitrogens with one attached hydrogen (secondary N) is 1. The van der Waals surface area contributed by atoms with E-state index in [0.717, 1.165) is 0 Å². The summed E-state index contributed by atoms with van der Waals surface area (Å²) < 4.78 is 13.0. The molecule has 0 fully saturated rings. The minimum absolute atomic E-state index is 0.175. The second-order valence-electron chi connectivity index (χ2n) is 2.41. The average Bonchev–Trinajstić information content (AvgIpc) is 2.07. The molecular weight excluding hydrogens is 241 g/mol. The summed E-state index contributed by atoms with van der Waals surface area (Å²) in [5.41, 5.74) is 0.704. The highest BCUT2D eigenvalue weighted by Crippen LogP contribution is 2.16. The van der Waals surface area contributed by atoms with E-state index in [1.54, 1.807) is 0 Å². The molecule has 2 N–H and O–H groups in total. The first-order chi connectivity index (χ1) is 6.09. The average molecular weight is 248 g/mol. The predicted octanol–water partition coefficient (Wildman–Crippen LogP) is 2.36. The third-order valence-corrected chi connectivity index (χ3v) is 2.04. The highest BCUT2D eigenvalue weighted by Gasteiger charge is 2.01. The Morgan fingerprint density at radius 3 is 2.85 bits per heavy atom. The number of carbonyl (C=O) groups is 1. The number of amides is 1. The molecule has 1 aromatic rings. The summed E-state index contributed by atoms with van der Waals surface area (Å²) in [4.78, 5) is 10.1. The number of hydrogen-bond donors (Lipinski definition) is 2. The molecule has 0 bridgehead atoms. The third-order valence-electron chi connectivity index (χ3n) is 1.43. The molecule has 3 nitrogen and oxygen atoms in total. The van der Waals surface area contributed by atoms with Crippen LogP contribution < -0.4 is 5.32 Å². The van der Waals surface area contributed by atoms with E-state index in [1.165, 1.54) is 18.2 Å². The highest BCUT2D eigenvalue weighted by atomic mass is 79.9. The molecule has 5 heteroatoms. The van der Waals surface area contributed by atoms with E-state index in [2.05, 4.69) is 21.2 Å². The zero-order valence-electron chi connectivity index (χ0n) is 6.55. The fourth-order valence-corrected chi connectivity index (χ4v) is 1.25. The normalized spacial score (nSPS) is 9.69. The molecule has 0 aliphatic rings. The van der Waals surface area contributed by atoms with Gasteiger partial charge in [0.2, 0.25) is 0 Å². The highest BCUT2D eigenvalue weighted by molar-refractivity contribution is 9.10. The fourth-order valence-electron chi connectivity index (χ4n) is 0.827. The van der Waals surface area contributed by atoms with Crippen molar-refractivity contribution in [2.45, 2.75) is 6.54 Å². The maximum Gasteiger partial charge on any atom is 0.404 e. The van der Waals surface area contributed by atoms with Crippen molar-refractivity contribution in [1.82, 2.24) is 5.32 Å². The van der Waals surface area contributed by atoms with E-state index in [0.29, 0.717) is 10.0 Å². The molecule has 0 aliphatic carbocycles. The lowest BCUT2D eigenvalue weighted by Crippen LogP contribution is -2.19. The van der Waals surface area contributed by atoms with Crippen molar-refractivity contribution >= 4 is 22.0 Å². The largest absolute Gasteiger partial charge is 0.465 e. The molecule has 1 aromatic carbocycles. The zero-order chi connectivity index (χ0) is 9.84. The van der Waals surface area contributed by atoms with Crippen LogP contribution in [0.15, 0.2) is 22.7 Å². The molecule has 0 radical (unpaired) electrons. The lowest BCUT2D eigenvalue weighted by atomic mass is 10.2. The lowest BCUT2D eigenvalue weighted by Gasteiger charge is -2.02. The van der Waals surface area contributed by atoms with Crippen molar-refractivity contribution in [3.05, 3.63) is 34.1 Å². The SMILES string of the molecule is O=C(O)NCc1ccc(F)c(Br)c1. The smallest absolute Gasteiger partial charge is 0.404 e. The molecule has 13 heavy (non-hydrogen) atoms. The van der Waals surface area contributed by atoms with E-state index in [4.69, 9.17) is 5.11 Å². The number of benzene rings is 1. The first-order valence-electron chi connectivity index (χ1n) is 3.50. The van der Waals surface area contributed by atoms with Gasteiger partial charge in [-0.05, 0) is 33.6 Å². The molecule has 0 aliphatic heterocycles. The summed E-state index contributed by atoms with van der Waals surface area (Å²) in [7, 11) is 0. The Bertz CT molecular complexity index is 330. The van der Waals surface area contributed by atoms with E-state index in [9.17, 15) is 9.18 Å². The summed E-state index contributed by atoms with van der Waals surface area (Å²) in [6, 6.07) is 4.34. The van der Waals surface area contributed by atoms with Gasteiger partial charge in [0.05, 0.1) is 4.47 Å². The van der Waals surface area contributed by atoms with Crippen LogP contribution in [0.2, 0.25) is 0 Å². The minimum atomic E-state index is -1.10.